The number of hydrogen-bond acceptors (Lipinski definition) is 3. The molecule has 0 aliphatic rings. The molecule has 1 unspecified atom stereocenters. The molecule has 30 heavy (non-hydrogen) atoms. The van der Waals surface area contributed by atoms with Gasteiger partial charge in [-0.15, -0.1) is 0 Å². The second-order valence-electron chi connectivity index (χ2n) is 7.27. The van der Waals surface area contributed by atoms with Crippen LogP contribution < -0.4 is 5.32 Å². The van der Waals surface area contributed by atoms with Crippen LogP contribution in [0.25, 0.3) is 0 Å². The number of halogens is 3. The second-order valence-corrected chi connectivity index (χ2v) is 8.35. The van der Waals surface area contributed by atoms with Gasteiger partial charge in [0.1, 0.15) is 6.04 Å². The van der Waals surface area contributed by atoms with Gasteiger partial charge >= 0.3 is 12.1 Å². The molecule has 0 aromatic rings. The van der Waals surface area contributed by atoms with Gasteiger partial charge in [-0.25, -0.2) is 4.79 Å². The van der Waals surface area contributed by atoms with Gasteiger partial charge in [0.2, 0.25) is 5.91 Å². The minimum atomic E-state index is -4.62. The Morgan fingerprint density at radius 3 is 2.10 bits per heavy atom. The van der Waals surface area contributed by atoms with Crippen LogP contribution in [-0.4, -0.2) is 40.7 Å². The Labute approximate surface area is 181 Å². The highest BCUT2D eigenvalue weighted by Crippen LogP contribution is 2.16. The van der Waals surface area contributed by atoms with Crippen LogP contribution in [0.4, 0.5) is 13.2 Å². The van der Waals surface area contributed by atoms with Gasteiger partial charge in [-0.3, -0.25) is 4.79 Å². The Morgan fingerprint density at radius 2 is 1.57 bits per heavy atom. The Kier molecular flexibility index (Phi) is 14.0. The molecular formula is C22H32F3NO3S. The minimum absolute atomic E-state index is 0.0636. The SMILES string of the molecule is CC(C)=CCCC(C)=CCCC(C)=CCSCC(NC(=O)C=CC(F)(F)F)C(=O)O. The Morgan fingerprint density at radius 1 is 1.00 bits per heavy atom. The van der Waals surface area contributed by atoms with E-state index in [4.69, 9.17) is 5.11 Å². The zero-order chi connectivity index (χ0) is 23.2. The van der Waals surface area contributed by atoms with E-state index in [-0.39, 0.29) is 11.8 Å². The highest BCUT2D eigenvalue weighted by Gasteiger charge is 2.24. The topological polar surface area (TPSA) is 66.4 Å². The molecule has 1 atom stereocenters. The molecule has 0 heterocycles. The number of aliphatic carboxylic acids is 1. The lowest BCUT2D eigenvalue weighted by Crippen LogP contribution is -2.42. The van der Waals surface area contributed by atoms with Crippen molar-refractivity contribution >= 4 is 23.6 Å². The predicted molar refractivity (Wildman–Crippen MR) is 117 cm³/mol. The standard InChI is InChI=1S/C22H32F3NO3S/c1-16(2)7-5-8-17(3)9-6-10-18(4)12-14-30-15-19(21(28)29)26-20(27)11-13-22(23,24)25/h7,9,11-13,19H,5-6,8,10,14-15H2,1-4H3,(H,26,27)(H,28,29). The van der Waals surface area contributed by atoms with Gasteiger partial charge in [-0.05, 0) is 53.4 Å². The number of carboxylic acid groups (broad SMARTS) is 1. The fourth-order valence-corrected chi connectivity index (χ4v) is 3.29. The number of carbonyl (C=O) groups is 2. The van der Waals surface area contributed by atoms with Crippen molar-refractivity contribution in [3.05, 3.63) is 47.1 Å². The number of amides is 1. The molecule has 0 aromatic carbocycles. The average Bonchev–Trinajstić information content (AvgIpc) is 2.61. The third kappa shape index (κ3) is 16.9. The van der Waals surface area contributed by atoms with E-state index in [2.05, 4.69) is 38.2 Å². The Bertz CT molecular complexity index is 676. The summed E-state index contributed by atoms with van der Waals surface area (Å²) in [4.78, 5) is 22.6. The third-order valence-electron chi connectivity index (χ3n) is 4.00. The van der Waals surface area contributed by atoms with E-state index in [1.165, 1.54) is 28.5 Å². The number of nitrogens with one attached hydrogen (secondary N) is 1. The zero-order valence-electron chi connectivity index (χ0n) is 18.0. The maximum Gasteiger partial charge on any atom is 0.409 e. The molecule has 0 aliphatic heterocycles. The number of rotatable bonds is 13. The van der Waals surface area contributed by atoms with E-state index in [1.807, 2.05) is 13.0 Å². The van der Waals surface area contributed by atoms with Crippen molar-refractivity contribution in [2.75, 3.05) is 11.5 Å². The summed E-state index contributed by atoms with van der Waals surface area (Å²) >= 11 is 1.30. The number of alkyl halides is 3. The molecule has 2 N–H and O–H groups in total. The first-order chi connectivity index (χ1) is 13.9. The van der Waals surface area contributed by atoms with Gasteiger partial charge in [0.05, 0.1) is 0 Å². The van der Waals surface area contributed by atoms with Crippen molar-refractivity contribution in [3.63, 3.8) is 0 Å². The lowest BCUT2D eigenvalue weighted by Gasteiger charge is -2.12. The molecule has 0 saturated carbocycles. The average molecular weight is 448 g/mol. The lowest BCUT2D eigenvalue weighted by molar-refractivity contribution is -0.140. The van der Waals surface area contributed by atoms with Crippen molar-refractivity contribution < 1.29 is 27.9 Å². The number of thioether (sulfide) groups is 1. The smallest absolute Gasteiger partial charge is 0.409 e. The monoisotopic (exact) mass is 447 g/mol. The summed E-state index contributed by atoms with van der Waals surface area (Å²) in [5.74, 6) is -1.74. The van der Waals surface area contributed by atoms with Gasteiger partial charge < -0.3 is 10.4 Å². The number of carbonyl (C=O) groups excluding carboxylic acids is 1. The molecule has 0 rings (SSSR count). The highest BCUT2D eigenvalue weighted by molar-refractivity contribution is 7.99. The third-order valence-corrected chi connectivity index (χ3v) is 4.97. The molecule has 0 saturated heterocycles. The number of carboxylic acids is 1. The summed E-state index contributed by atoms with van der Waals surface area (Å²) in [6.45, 7) is 8.30. The quantitative estimate of drug-likeness (QED) is 0.212. The molecule has 0 fully saturated rings. The van der Waals surface area contributed by atoms with Crippen molar-refractivity contribution in [3.8, 4) is 0 Å². The van der Waals surface area contributed by atoms with Crippen LogP contribution in [0.15, 0.2) is 47.1 Å². The van der Waals surface area contributed by atoms with E-state index in [1.54, 1.807) is 0 Å². The maximum absolute atomic E-state index is 12.1. The molecule has 0 radical (unpaired) electrons. The molecule has 4 nitrogen and oxygen atoms in total. The van der Waals surface area contributed by atoms with Gasteiger partial charge in [0.15, 0.2) is 0 Å². The maximum atomic E-state index is 12.1. The largest absolute Gasteiger partial charge is 0.480 e. The van der Waals surface area contributed by atoms with E-state index < -0.39 is 24.1 Å². The first-order valence-corrected chi connectivity index (χ1v) is 10.9. The Balaban J connectivity index is 4.32. The van der Waals surface area contributed by atoms with Crippen LogP contribution >= 0.6 is 11.8 Å². The highest BCUT2D eigenvalue weighted by atomic mass is 32.2. The summed E-state index contributed by atoms with van der Waals surface area (Å²) in [6.07, 6.45) is 5.83. The predicted octanol–water partition coefficient (Wildman–Crippen LogP) is 5.83. The first-order valence-electron chi connectivity index (χ1n) is 9.72. The summed E-state index contributed by atoms with van der Waals surface area (Å²) in [6, 6.07) is -1.25. The van der Waals surface area contributed by atoms with E-state index in [9.17, 15) is 22.8 Å². The van der Waals surface area contributed by atoms with Crippen molar-refractivity contribution in [2.24, 2.45) is 0 Å². The van der Waals surface area contributed by atoms with Crippen LogP contribution in [0.3, 0.4) is 0 Å². The normalized spacial score (nSPS) is 14.0. The van der Waals surface area contributed by atoms with Crippen LogP contribution in [-0.2, 0) is 9.59 Å². The number of allylic oxidation sites excluding steroid dienone is 6. The van der Waals surface area contributed by atoms with Crippen LogP contribution in [0.2, 0.25) is 0 Å². The molecule has 0 aromatic heterocycles. The molecule has 0 spiro atoms. The molecular weight excluding hydrogens is 415 g/mol. The van der Waals surface area contributed by atoms with E-state index in [0.29, 0.717) is 11.8 Å². The fraction of sp³-hybridized carbons (Fsp3) is 0.545. The first kappa shape index (κ1) is 28.0. The lowest BCUT2D eigenvalue weighted by atomic mass is 10.1. The van der Waals surface area contributed by atoms with Crippen molar-refractivity contribution in [2.45, 2.75) is 65.6 Å². The van der Waals surface area contributed by atoms with E-state index >= 15 is 0 Å². The van der Waals surface area contributed by atoms with Crippen LogP contribution in [0.1, 0.15) is 53.4 Å². The molecule has 8 heteroatoms. The van der Waals surface area contributed by atoms with Gasteiger partial charge in [0.25, 0.3) is 0 Å². The molecule has 0 aliphatic carbocycles. The second kappa shape index (κ2) is 14.9. The Hall–Kier alpha value is -1.96. The van der Waals surface area contributed by atoms with Crippen LogP contribution in [0.5, 0.6) is 0 Å². The van der Waals surface area contributed by atoms with Crippen LogP contribution in [0, 0.1) is 0 Å². The minimum Gasteiger partial charge on any atom is -0.480 e. The van der Waals surface area contributed by atoms with Crippen molar-refractivity contribution in [1.29, 1.82) is 0 Å². The molecule has 1 amide bonds. The zero-order valence-corrected chi connectivity index (χ0v) is 18.8. The fourth-order valence-electron chi connectivity index (χ4n) is 2.29. The van der Waals surface area contributed by atoms with Crippen molar-refractivity contribution in [1.82, 2.24) is 5.32 Å². The molecule has 170 valence electrons. The van der Waals surface area contributed by atoms with Gasteiger partial charge in [-0.2, -0.15) is 24.9 Å². The summed E-state index contributed by atoms with van der Waals surface area (Å²) in [5.41, 5.74) is 3.86. The number of hydrogen-bond donors (Lipinski definition) is 2. The summed E-state index contributed by atoms with van der Waals surface area (Å²) in [7, 11) is 0. The summed E-state index contributed by atoms with van der Waals surface area (Å²) < 4.78 is 36.2. The van der Waals surface area contributed by atoms with Gasteiger partial charge in [0, 0.05) is 23.7 Å². The van der Waals surface area contributed by atoms with Gasteiger partial charge in [-0.1, -0.05) is 34.9 Å². The summed E-state index contributed by atoms with van der Waals surface area (Å²) in [5, 5.41) is 11.2. The molecule has 0 bridgehead atoms. The van der Waals surface area contributed by atoms with E-state index in [0.717, 1.165) is 25.7 Å².